The number of aryl methyl sites for hydroxylation is 1. The van der Waals surface area contributed by atoms with Crippen molar-refractivity contribution in [1.82, 2.24) is 15.0 Å². The summed E-state index contributed by atoms with van der Waals surface area (Å²) in [5.41, 5.74) is 3.61. The summed E-state index contributed by atoms with van der Waals surface area (Å²) >= 11 is 0. The predicted octanol–water partition coefficient (Wildman–Crippen LogP) is 2.50. The first-order chi connectivity index (χ1) is 11.7. The molecule has 0 fully saturated rings. The van der Waals surface area contributed by atoms with Gasteiger partial charge in [0.05, 0.1) is 24.1 Å². The Bertz CT molecular complexity index is 886. The molecule has 2 aromatic carbocycles. The molecule has 0 N–H and O–H groups in total. The van der Waals surface area contributed by atoms with E-state index in [1.165, 1.54) is 5.56 Å². The van der Waals surface area contributed by atoms with Gasteiger partial charge < -0.3 is 4.74 Å². The van der Waals surface area contributed by atoms with Gasteiger partial charge in [-0.1, -0.05) is 35.0 Å². The lowest BCUT2D eigenvalue weighted by atomic mass is 10.2. The maximum atomic E-state index is 12.2. The summed E-state index contributed by atoms with van der Waals surface area (Å²) in [7, 11) is 0. The van der Waals surface area contributed by atoms with E-state index in [9.17, 15) is 4.79 Å². The zero-order chi connectivity index (χ0) is 16.5. The molecule has 1 aliphatic heterocycles. The lowest BCUT2D eigenvalue weighted by molar-refractivity contribution is -0.121. The highest BCUT2D eigenvalue weighted by Crippen LogP contribution is 2.32. The molecule has 120 valence electrons. The Morgan fingerprint density at radius 3 is 2.75 bits per heavy atom. The third kappa shape index (κ3) is 2.62. The van der Waals surface area contributed by atoms with Crippen LogP contribution in [0.3, 0.4) is 0 Å². The standard InChI is InChI=1S/C18H16N4O2/c1-13-6-8-15(9-7-13)22-11-14(19-20-22)10-21-16-4-2-3-5-17(16)24-12-18(21)23/h2-9,11H,10,12H2,1H3. The van der Waals surface area contributed by atoms with Crippen LogP contribution in [0.5, 0.6) is 5.75 Å². The SMILES string of the molecule is Cc1ccc(-n2cc(CN3C(=O)COc4ccccc43)nn2)cc1. The molecule has 0 saturated carbocycles. The van der Waals surface area contributed by atoms with E-state index in [1.54, 1.807) is 9.58 Å². The highest BCUT2D eigenvalue weighted by Gasteiger charge is 2.26. The van der Waals surface area contributed by atoms with Gasteiger partial charge in [0, 0.05) is 0 Å². The van der Waals surface area contributed by atoms with Gasteiger partial charge in [-0.25, -0.2) is 4.68 Å². The summed E-state index contributed by atoms with van der Waals surface area (Å²) in [5.74, 6) is 0.626. The van der Waals surface area contributed by atoms with E-state index in [4.69, 9.17) is 4.74 Å². The molecule has 4 rings (SSSR count). The summed E-state index contributed by atoms with van der Waals surface area (Å²) < 4.78 is 7.17. The van der Waals surface area contributed by atoms with Crippen LogP contribution in [0.15, 0.2) is 54.7 Å². The van der Waals surface area contributed by atoms with Crippen molar-refractivity contribution in [2.24, 2.45) is 0 Å². The topological polar surface area (TPSA) is 60.2 Å². The van der Waals surface area contributed by atoms with Gasteiger partial charge in [-0.3, -0.25) is 9.69 Å². The summed E-state index contributed by atoms with van der Waals surface area (Å²) in [5, 5.41) is 8.35. The molecule has 1 aromatic heterocycles. The van der Waals surface area contributed by atoms with Crippen LogP contribution in [-0.2, 0) is 11.3 Å². The lowest BCUT2D eigenvalue weighted by Crippen LogP contribution is -2.38. The van der Waals surface area contributed by atoms with Crippen molar-refractivity contribution in [2.75, 3.05) is 11.5 Å². The zero-order valence-corrected chi connectivity index (χ0v) is 13.2. The van der Waals surface area contributed by atoms with E-state index in [2.05, 4.69) is 10.3 Å². The Balaban J connectivity index is 1.60. The van der Waals surface area contributed by atoms with Crippen molar-refractivity contribution in [3.63, 3.8) is 0 Å². The number of aromatic nitrogens is 3. The van der Waals surface area contributed by atoms with E-state index in [0.29, 0.717) is 12.3 Å². The van der Waals surface area contributed by atoms with Crippen LogP contribution in [0.1, 0.15) is 11.3 Å². The zero-order valence-electron chi connectivity index (χ0n) is 13.2. The van der Waals surface area contributed by atoms with Gasteiger partial charge in [-0.05, 0) is 31.2 Å². The van der Waals surface area contributed by atoms with Crippen LogP contribution in [0.25, 0.3) is 5.69 Å². The Hall–Kier alpha value is -3.15. The highest BCUT2D eigenvalue weighted by molar-refractivity contribution is 5.97. The average Bonchev–Trinajstić information content (AvgIpc) is 3.07. The number of para-hydroxylation sites is 2. The molecule has 0 atom stereocenters. The molecule has 0 unspecified atom stereocenters. The lowest BCUT2D eigenvalue weighted by Gasteiger charge is -2.28. The number of carbonyl (C=O) groups is 1. The Morgan fingerprint density at radius 2 is 1.92 bits per heavy atom. The molecule has 0 radical (unpaired) electrons. The molecule has 2 heterocycles. The van der Waals surface area contributed by atoms with E-state index in [-0.39, 0.29) is 12.5 Å². The van der Waals surface area contributed by atoms with Crippen molar-refractivity contribution in [2.45, 2.75) is 13.5 Å². The van der Waals surface area contributed by atoms with Crippen LogP contribution in [-0.4, -0.2) is 27.5 Å². The fraction of sp³-hybridized carbons (Fsp3) is 0.167. The van der Waals surface area contributed by atoms with E-state index >= 15 is 0 Å². The third-order valence-corrected chi connectivity index (χ3v) is 3.97. The van der Waals surface area contributed by atoms with E-state index < -0.39 is 0 Å². The van der Waals surface area contributed by atoms with Crippen molar-refractivity contribution in [1.29, 1.82) is 0 Å². The van der Waals surface area contributed by atoms with Crippen LogP contribution in [0.4, 0.5) is 5.69 Å². The maximum absolute atomic E-state index is 12.2. The van der Waals surface area contributed by atoms with Gasteiger partial charge in [0.15, 0.2) is 6.61 Å². The average molecular weight is 320 g/mol. The number of nitrogens with zero attached hydrogens (tertiary/aromatic N) is 4. The number of hydrogen-bond acceptors (Lipinski definition) is 4. The summed E-state index contributed by atoms with van der Waals surface area (Å²) in [6.45, 7) is 2.45. The van der Waals surface area contributed by atoms with Gasteiger partial charge in [-0.2, -0.15) is 0 Å². The molecular formula is C18H16N4O2. The molecule has 0 bridgehead atoms. The van der Waals surface area contributed by atoms with Gasteiger partial charge in [-0.15, -0.1) is 5.10 Å². The van der Waals surface area contributed by atoms with E-state index in [0.717, 1.165) is 17.1 Å². The van der Waals surface area contributed by atoms with E-state index in [1.807, 2.05) is 61.7 Å². The molecule has 24 heavy (non-hydrogen) atoms. The Morgan fingerprint density at radius 1 is 1.12 bits per heavy atom. The quantitative estimate of drug-likeness (QED) is 0.744. The van der Waals surface area contributed by atoms with Crippen LogP contribution >= 0.6 is 0 Å². The number of hydrogen-bond donors (Lipinski definition) is 0. The van der Waals surface area contributed by atoms with Crippen LogP contribution in [0.2, 0.25) is 0 Å². The molecule has 3 aromatic rings. The highest BCUT2D eigenvalue weighted by atomic mass is 16.5. The largest absolute Gasteiger partial charge is 0.482 e. The minimum Gasteiger partial charge on any atom is -0.482 e. The van der Waals surface area contributed by atoms with Gasteiger partial charge in [0.1, 0.15) is 11.4 Å². The van der Waals surface area contributed by atoms with Crippen molar-refractivity contribution in [3.05, 3.63) is 66.0 Å². The normalized spacial score (nSPS) is 13.5. The first kappa shape index (κ1) is 14.4. The maximum Gasteiger partial charge on any atom is 0.265 e. The van der Waals surface area contributed by atoms with Gasteiger partial charge in [0.2, 0.25) is 0 Å². The molecule has 1 aliphatic rings. The summed E-state index contributed by atoms with van der Waals surface area (Å²) in [6, 6.07) is 15.5. The number of carbonyl (C=O) groups excluding carboxylic acids is 1. The number of benzene rings is 2. The number of anilines is 1. The second-order valence-electron chi connectivity index (χ2n) is 5.73. The third-order valence-electron chi connectivity index (χ3n) is 3.97. The van der Waals surface area contributed by atoms with Gasteiger partial charge >= 0.3 is 0 Å². The molecule has 6 nitrogen and oxygen atoms in total. The summed E-state index contributed by atoms with van der Waals surface area (Å²) in [4.78, 5) is 13.9. The number of rotatable bonds is 3. The molecule has 0 aliphatic carbocycles. The number of amides is 1. The minimum absolute atomic E-state index is 0.0448. The molecular weight excluding hydrogens is 304 g/mol. The first-order valence-electron chi connectivity index (χ1n) is 7.71. The monoisotopic (exact) mass is 320 g/mol. The predicted molar refractivity (Wildman–Crippen MR) is 89.2 cm³/mol. The fourth-order valence-corrected chi connectivity index (χ4v) is 2.68. The van der Waals surface area contributed by atoms with Crippen molar-refractivity contribution < 1.29 is 9.53 Å². The second kappa shape index (κ2) is 5.81. The summed E-state index contributed by atoms with van der Waals surface area (Å²) in [6.07, 6.45) is 1.84. The molecule has 0 saturated heterocycles. The molecule has 1 amide bonds. The fourth-order valence-electron chi connectivity index (χ4n) is 2.68. The Kier molecular flexibility index (Phi) is 3.49. The Labute approximate surface area is 139 Å². The number of ether oxygens (including phenoxy) is 1. The minimum atomic E-state index is -0.0846. The van der Waals surface area contributed by atoms with Gasteiger partial charge in [0.25, 0.3) is 5.91 Å². The first-order valence-corrected chi connectivity index (χ1v) is 7.71. The number of fused-ring (bicyclic) bond motifs is 1. The molecule has 6 heteroatoms. The van der Waals surface area contributed by atoms with Crippen LogP contribution in [0, 0.1) is 6.92 Å². The van der Waals surface area contributed by atoms with Crippen molar-refractivity contribution >= 4 is 11.6 Å². The second-order valence-corrected chi connectivity index (χ2v) is 5.73. The van der Waals surface area contributed by atoms with Crippen LogP contribution < -0.4 is 9.64 Å². The molecule has 0 spiro atoms. The van der Waals surface area contributed by atoms with Crippen molar-refractivity contribution in [3.8, 4) is 11.4 Å². The smallest absolute Gasteiger partial charge is 0.265 e.